The number of aromatic nitrogens is 11. The second-order valence-corrected chi connectivity index (χ2v) is 35.6. The summed E-state index contributed by atoms with van der Waals surface area (Å²) in [5.41, 5.74) is 18.9. The van der Waals surface area contributed by atoms with E-state index < -0.39 is 22.4 Å². The van der Waals surface area contributed by atoms with Gasteiger partial charge in [0.25, 0.3) is 0 Å². The molecule has 42 heteroatoms. The lowest BCUT2D eigenvalue weighted by atomic mass is 9.84. The Kier molecular flexibility index (Phi) is 29.4. The maximum atomic E-state index is 12.6. The van der Waals surface area contributed by atoms with Crippen molar-refractivity contribution in [2.75, 3.05) is 128 Å². The Morgan fingerprint density at radius 1 is 0.450 bits per heavy atom. The van der Waals surface area contributed by atoms with Gasteiger partial charge in [-0.05, 0) is 107 Å². The first-order valence-corrected chi connectivity index (χ1v) is 40.5. The Bertz CT molecular complexity index is 4810. The third-order valence-electron chi connectivity index (χ3n) is 19.7. The summed E-state index contributed by atoms with van der Waals surface area (Å²) in [6, 6.07) is 9.81. The molecule has 0 aliphatic carbocycles. The van der Waals surface area contributed by atoms with Crippen LogP contribution in [0.5, 0.6) is 17.6 Å². The van der Waals surface area contributed by atoms with E-state index in [1.54, 1.807) is 56.0 Å². The molecule has 4 amide bonds. The van der Waals surface area contributed by atoms with Crippen LogP contribution in [-0.4, -0.2) is 256 Å². The maximum Gasteiger partial charge on any atom is 0.410 e. The number of halogens is 5. The second-order valence-electron chi connectivity index (χ2n) is 33.7. The van der Waals surface area contributed by atoms with Crippen LogP contribution in [-0.2, 0) is 37.9 Å². The van der Waals surface area contributed by atoms with Gasteiger partial charge in [-0.3, -0.25) is 0 Å². The van der Waals surface area contributed by atoms with Crippen LogP contribution >= 0.6 is 58.0 Å². The summed E-state index contributed by atoms with van der Waals surface area (Å²) in [7, 11) is 0. The normalized spacial score (nSPS) is 23.6. The number of nitrogen functional groups attached to an aromatic ring is 3. The first-order chi connectivity index (χ1) is 56.7. The van der Waals surface area contributed by atoms with E-state index in [-0.39, 0.29) is 140 Å². The van der Waals surface area contributed by atoms with Crippen molar-refractivity contribution in [3.05, 3.63) is 110 Å². The molecule has 8 aliphatic rings. The molecule has 8 bridgehead atoms. The van der Waals surface area contributed by atoms with Crippen LogP contribution < -0.4 is 36.7 Å². The van der Waals surface area contributed by atoms with Crippen molar-refractivity contribution >= 4 is 133 Å². The third-order valence-corrected chi connectivity index (χ3v) is 21.2. The number of nitrogens with zero attached hydrogens (tertiary/aromatic N) is 17. The highest BCUT2D eigenvalue weighted by molar-refractivity contribution is 6.37. The highest BCUT2D eigenvalue weighted by atomic mass is 35.5. The maximum absolute atomic E-state index is 12.6. The van der Waals surface area contributed by atoms with Crippen molar-refractivity contribution in [1.29, 1.82) is 0 Å². The van der Waals surface area contributed by atoms with Gasteiger partial charge in [-0.15, -0.1) is 5.10 Å². The summed E-state index contributed by atoms with van der Waals surface area (Å²) in [4.78, 5) is 95.3. The number of aliphatic hydroxyl groups excluding tert-OH is 1. The van der Waals surface area contributed by atoms with E-state index in [4.69, 9.17) is 140 Å². The van der Waals surface area contributed by atoms with Crippen molar-refractivity contribution < 1.29 is 76.4 Å². The van der Waals surface area contributed by atoms with E-state index in [2.05, 4.69) is 65.2 Å². The minimum atomic E-state index is -0.562. The molecule has 2 aromatic carbocycles. The van der Waals surface area contributed by atoms with Crippen molar-refractivity contribution in [1.82, 2.24) is 74.5 Å². The number of anilines is 5. The Labute approximate surface area is 718 Å². The predicted molar refractivity (Wildman–Crippen MR) is 443 cm³/mol. The fourth-order valence-electron chi connectivity index (χ4n) is 14.4. The number of fused-ring (bicyclic) bond motifs is 9. The average Bonchev–Trinajstić information content (AvgIpc) is 1.73. The van der Waals surface area contributed by atoms with Crippen molar-refractivity contribution in [2.45, 2.75) is 130 Å². The number of hydrogen-bond acceptors (Lipinski definition) is 30. The summed E-state index contributed by atoms with van der Waals surface area (Å²) < 4.78 is 64.6. The molecule has 0 saturated carbocycles. The molecule has 13 heterocycles. The fraction of sp³-hybridized carbons (Fsp3) is 0.564. The Hall–Kier alpha value is -9.93. The topological polar surface area (TPSA) is 436 Å². The zero-order valence-electron chi connectivity index (χ0n) is 68.3. The van der Waals surface area contributed by atoms with Crippen molar-refractivity contribution in [3.63, 3.8) is 0 Å². The molecule has 120 heavy (non-hydrogen) atoms. The standard InChI is InChI=1S/C23H24ClN7O4.C23H27ClN6O4.C16H23ClN4O4.C12H21NO4.C4H3Cl2N3/c1-23(2,3)35-22(32)30-8-13-10-33-11-14(9-30)19(13)34-21-18-20(26-12-27-21)31(29-28-18)17-6-5-15(25-4)7-16(17)24;1-23(2,3)34-22(31)30-8-13-10-32-11-14(9-30)19(13)33-21-18(25)20(27-12-28-21)29-17-6-5-15(26-4)7-16(17)24;1-16(2,3)25-15(22)21-4-9-6-23-7-10(5-21)12(9)24-14-11(18)13(17)19-8-20-14;1-12(2,3)17-11(15)13-4-8-6-16-7-9(5-13)10(8)14;5-3-2(7)4(6)9-1-8-3/h5-7,12-14,19H,8-11H2,1-3H3;5-7,12-14,19H,8-11,25H2,1-3H3,(H,27,28,29);8-10,12H,4-7,18H2,1-3H3;8-10,14H,4-7H2,1-3H3;1H,7H2. The lowest BCUT2D eigenvalue weighted by Crippen LogP contribution is -2.59. The van der Waals surface area contributed by atoms with Gasteiger partial charge in [-0.1, -0.05) is 75.4 Å². The van der Waals surface area contributed by atoms with Crippen LogP contribution in [0.4, 0.5) is 59.1 Å². The van der Waals surface area contributed by atoms with Crippen LogP contribution in [0, 0.1) is 60.5 Å². The molecule has 8 aliphatic heterocycles. The van der Waals surface area contributed by atoms with Crippen LogP contribution in [0.25, 0.3) is 26.5 Å². The van der Waals surface area contributed by atoms with E-state index in [9.17, 15) is 24.3 Å². The molecule has 0 spiro atoms. The number of hydrogen-bond donors (Lipinski definition) is 5. The van der Waals surface area contributed by atoms with Gasteiger partial charge in [-0.25, -0.2) is 53.8 Å². The Balaban J connectivity index is 0.000000155. The van der Waals surface area contributed by atoms with Crippen molar-refractivity contribution in [3.8, 4) is 23.3 Å². The first kappa shape index (κ1) is 90.8. The zero-order chi connectivity index (χ0) is 86.9. The highest BCUT2D eigenvalue weighted by Gasteiger charge is 2.49. The van der Waals surface area contributed by atoms with Gasteiger partial charge in [0.1, 0.15) is 83.1 Å². The number of nitrogens with two attached hydrogens (primary N) is 3. The second kappa shape index (κ2) is 38.9. The molecule has 8 N–H and O–H groups in total. The minimum absolute atomic E-state index is 0.00755. The molecule has 15 rings (SSSR count). The molecule has 8 saturated heterocycles. The molecule has 8 fully saturated rings. The average molecular weight is 1760 g/mol. The smallest absolute Gasteiger partial charge is 0.410 e. The van der Waals surface area contributed by atoms with Gasteiger partial charge in [0.2, 0.25) is 17.6 Å². The third kappa shape index (κ3) is 23.6. The van der Waals surface area contributed by atoms with E-state index in [0.29, 0.717) is 161 Å². The number of carbonyl (C=O) groups excluding carboxylic acids is 4. The Morgan fingerprint density at radius 2 is 0.783 bits per heavy atom. The summed E-state index contributed by atoms with van der Waals surface area (Å²) in [6.07, 6.45) is 3.11. The molecule has 7 aromatic rings. The lowest BCUT2D eigenvalue weighted by molar-refractivity contribution is -0.122. The number of benzene rings is 2. The molecule has 646 valence electrons. The number of rotatable bonds is 9. The number of amides is 4. The predicted octanol–water partition coefficient (Wildman–Crippen LogP) is 12.1. The van der Waals surface area contributed by atoms with E-state index >= 15 is 0 Å². The minimum Gasteiger partial charge on any atom is -0.472 e. The lowest BCUT2D eigenvalue weighted by Gasteiger charge is -2.46. The van der Waals surface area contributed by atoms with Gasteiger partial charge in [-0.2, -0.15) is 19.6 Å². The SMILES string of the molecule is CC(C)(C)OC(=O)N1CC2COCC(C1)C2O.CC(C)(C)OC(=O)N1CC2COCC(C1)C2Oc1ncnc(Cl)c1N.Nc1c(Cl)ncnc1Cl.[C-]#[N+]c1ccc(-n2nnc3c(OC4C5COCC4CN(C(=O)OC(C)(C)C)C5)ncnc32)c(Cl)c1.[C-]#[N+]c1ccc(Nc2ncnc(OC3C4COCC3CN(C(=O)OC(C)(C)C)C4)c2N)c(Cl)c1. The summed E-state index contributed by atoms with van der Waals surface area (Å²) >= 11 is 29.5. The molecule has 8 atom stereocenters. The van der Waals surface area contributed by atoms with Gasteiger partial charge < -0.3 is 99.3 Å². The fourth-order valence-corrected chi connectivity index (χ4v) is 15.3. The zero-order valence-corrected chi connectivity index (χ0v) is 72.1. The highest BCUT2D eigenvalue weighted by Crippen LogP contribution is 2.41. The summed E-state index contributed by atoms with van der Waals surface area (Å²) in [5, 5.41) is 22.8. The molecule has 0 radical (unpaired) electrons. The molecule has 5 aromatic heterocycles. The monoisotopic (exact) mass is 1760 g/mol. The molecular formula is C78H98Cl5N21O16. The van der Waals surface area contributed by atoms with Crippen LogP contribution in [0.1, 0.15) is 83.1 Å². The summed E-state index contributed by atoms with van der Waals surface area (Å²) in [5.74, 6) is 1.02. The van der Waals surface area contributed by atoms with Crippen molar-refractivity contribution in [2.24, 2.45) is 47.3 Å². The number of aliphatic hydroxyl groups is 1. The molecule has 37 nitrogen and oxygen atoms in total. The number of ether oxygens (including phenoxy) is 11. The number of carbonyl (C=O) groups is 4. The van der Waals surface area contributed by atoms with Gasteiger partial charge in [0, 0.05) is 99.7 Å². The van der Waals surface area contributed by atoms with Gasteiger partial charge >= 0.3 is 24.4 Å². The summed E-state index contributed by atoms with van der Waals surface area (Å²) in [6.45, 7) is 44.2. The largest absolute Gasteiger partial charge is 0.472 e. The van der Waals surface area contributed by atoms with Crippen LogP contribution in [0.15, 0.2) is 61.7 Å². The quantitative estimate of drug-likeness (QED) is 0.0509. The van der Waals surface area contributed by atoms with E-state index in [1.165, 1.54) is 30.0 Å². The van der Waals surface area contributed by atoms with Crippen LogP contribution in [0.3, 0.4) is 0 Å². The number of piperidine rings is 4. The number of likely N-dealkylation sites (tertiary alicyclic amines) is 4. The van der Waals surface area contributed by atoms with E-state index in [1.807, 2.05) is 83.1 Å². The number of nitrogens with one attached hydrogen (secondary N) is 1. The van der Waals surface area contributed by atoms with E-state index in [0.717, 1.165) is 0 Å². The molecule has 8 unspecified atom stereocenters. The van der Waals surface area contributed by atoms with Gasteiger partial charge in [0.15, 0.2) is 43.8 Å². The first-order valence-electron chi connectivity index (χ1n) is 38.6. The van der Waals surface area contributed by atoms with Gasteiger partial charge in [0.05, 0.1) is 93.5 Å². The Morgan fingerprint density at radius 3 is 1.17 bits per heavy atom. The van der Waals surface area contributed by atoms with Crippen LogP contribution in [0.2, 0.25) is 25.5 Å². The molecular weight excluding hydrogens is 1660 g/mol.